The molecule has 5 heteroatoms. The third kappa shape index (κ3) is 4.61. The average Bonchev–Trinajstić information content (AvgIpc) is 2.12. The zero-order valence-corrected chi connectivity index (χ0v) is 10.8. The van der Waals surface area contributed by atoms with Gasteiger partial charge in [-0.25, -0.2) is 9.56 Å². The molecular formula is C10H20NO3P. The standard InChI is InChI=1S/C10H20NO3P/c1-5-7-9(6-2)15(4,14)11-8(3)10(12)13/h9H,5-7H2,1-4H3,(H,12,13). The monoisotopic (exact) mass is 233 g/mol. The second-order valence-corrected chi connectivity index (χ2v) is 6.60. The highest BCUT2D eigenvalue weighted by Gasteiger charge is 2.26. The van der Waals surface area contributed by atoms with Crippen LogP contribution in [0, 0.1) is 0 Å². The minimum atomic E-state index is -2.72. The van der Waals surface area contributed by atoms with Crippen LogP contribution in [-0.2, 0) is 9.36 Å². The van der Waals surface area contributed by atoms with Crippen LogP contribution in [0.15, 0.2) is 4.76 Å². The Balaban J connectivity index is 4.86. The quantitative estimate of drug-likeness (QED) is 0.566. The van der Waals surface area contributed by atoms with E-state index in [1.807, 2.05) is 13.8 Å². The van der Waals surface area contributed by atoms with E-state index in [9.17, 15) is 9.36 Å². The van der Waals surface area contributed by atoms with Crippen molar-refractivity contribution < 1.29 is 14.5 Å². The van der Waals surface area contributed by atoms with Crippen LogP contribution in [0.3, 0.4) is 0 Å². The van der Waals surface area contributed by atoms with E-state index in [4.69, 9.17) is 5.11 Å². The van der Waals surface area contributed by atoms with Crippen molar-refractivity contribution in [2.24, 2.45) is 4.76 Å². The Bertz CT molecular complexity index is 299. The third-order valence-electron chi connectivity index (χ3n) is 2.43. The molecule has 0 spiro atoms. The predicted molar refractivity (Wildman–Crippen MR) is 63.3 cm³/mol. The first-order chi connectivity index (χ1) is 6.85. The highest BCUT2D eigenvalue weighted by atomic mass is 31.2. The molecule has 0 rings (SSSR count). The summed E-state index contributed by atoms with van der Waals surface area (Å²) in [5, 5.41) is 8.68. The molecule has 0 saturated carbocycles. The normalized spacial score (nSPS) is 18.3. The Hall–Kier alpha value is -0.630. The van der Waals surface area contributed by atoms with E-state index < -0.39 is 13.3 Å². The first-order valence-corrected chi connectivity index (χ1v) is 7.40. The molecule has 0 amide bonds. The van der Waals surface area contributed by atoms with Gasteiger partial charge in [-0.1, -0.05) is 20.3 Å². The van der Waals surface area contributed by atoms with Crippen molar-refractivity contribution in [2.75, 3.05) is 6.66 Å². The molecule has 0 aliphatic carbocycles. The van der Waals surface area contributed by atoms with Gasteiger partial charge in [0.25, 0.3) is 0 Å². The van der Waals surface area contributed by atoms with Crippen molar-refractivity contribution >= 4 is 19.0 Å². The minimum absolute atomic E-state index is 0.0109. The van der Waals surface area contributed by atoms with E-state index in [2.05, 4.69) is 4.76 Å². The Kier molecular flexibility index (Phi) is 5.81. The van der Waals surface area contributed by atoms with Crippen molar-refractivity contribution in [3.8, 4) is 0 Å². The van der Waals surface area contributed by atoms with Gasteiger partial charge in [0.15, 0.2) is 7.29 Å². The summed E-state index contributed by atoms with van der Waals surface area (Å²) in [6.07, 6.45) is 2.55. The van der Waals surface area contributed by atoms with Gasteiger partial charge in [0.1, 0.15) is 5.71 Å². The zero-order valence-electron chi connectivity index (χ0n) is 9.86. The fraction of sp³-hybridized carbons (Fsp3) is 0.800. The van der Waals surface area contributed by atoms with Crippen molar-refractivity contribution in [2.45, 2.75) is 45.7 Å². The van der Waals surface area contributed by atoms with Gasteiger partial charge in [0.2, 0.25) is 0 Å². The van der Waals surface area contributed by atoms with Crippen LogP contribution in [0.1, 0.15) is 40.0 Å². The fourth-order valence-electron chi connectivity index (χ4n) is 1.54. The molecule has 15 heavy (non-hydrogen) atoms. The van der Waals surface area contributed by atoms with Crippen LogP contribution in [0.4, 0.5) is 0 Å². The van der Waals surface area contributed by atoms with Crippen LogP contribution >= 0.6 is 7.29 Å². The van der Waals surface area contributed by atoms with Gasteiger partial charge in [0.05, 0.1) is 0 Å². The largest absolute Gasteiger partial charge is 0.477 e. The summed E-state index contributed by atoms with van der Waals surface area (Å²) in [5.41, 5.74) is -0.0489. The first-order valence-electron chi connectivity index (χ1n) is 5.22. The summed E-state index contributed by atoms with van der Waals surface area (Å²) < 4.78 is 16.1. The number of carboxylic acids is 1. The SMILES string of the molecule is CCCC(CC)P(C)(=O)N=C(C)C(=O)O. The molecule has 0 bridgehead atoms. The predicted octanol–water partition coefficient (Wildman–Crippen LogP) is 3.02. The number of carboxylic acid groups (broad SMARTS) is 1. The molecule has 2 unspecified atom stereocenters. The van der Waals surface area contributed by atoms with Crippen molar-refractivity contribution in [3.63, 3.8) is 0 Å². The van der Waals surface area contributed by atoms with Crippen LogP contribution in [0.25, 0.3) is 0 Å². The first kappa shape index (κ1) is 14.4. The van der Waals surface area contributed by atoms with Crippen LogP contribution in [-0.4, -0.2) is 29.1 Å². The number of hydrogen-bond acceptors (Lipinski definition) is 2. The van der Waals surface area contributed by atoms with E-state index in [1.165, 1.54) is 6.92 Å². The molecule has 0 aromatic heterocycles. The molecule has 4 nitrogen and oxygen atoms in total. The minimum Gasteiger partial charge on any atom is -0.477 e. The van der Waals surface area contributed by atoms with Gasteiger partial charge in [-0.3, -0.25) is 4.57 Å². The van der Waals surface area contributed by atoms with Gasteiger partial charge in [0, 0.05) is 12.3 Å². The number of nitrogens with zero attached hydrogens (tertiary/aromatic N) is 1. The lowest BCUT2D eigenvalue weighted by Gasteiger charge is -2.19. The van der Waals surface area contributed by atoms with Gasteiger partial charge in [-0.2, -0.15) is 0 Å². The second-order valence-electron chi connectivity index (χ2n) is 3.78. The summed E-state index contributed by atoms with van der Waals surface area (Å²) in [6, 6.07) is 0. The van der Waals surface area contributed by atoms with Crippen LogP contribution in [0.2, 0.25) is 0 Å². The third-order valence-corrected chi connectivity index (χ3v) is 5.10. The van der Waals surface area contributed by atoms with Gasteiger partial charge in [-0.15, -0.1) is 0 Å². The summed E-state index contributed by atoms with van der Waals surface area (Å²) >= 11 is 0. The maximum absolute atomic E-state index is 12.2. The summed E-state index contributed by atoms with van der Waals surface area (Å²) in [5.74, 6) is -1.09. The zero-order chi connectivity index (χ0) is 12.1. The van der Waals surface area contributed by atoms with Crippen LogP contribution in [0.5, 0.6) is 0 Å². The van der Waals surface area contributed by atoms with Gasteiger partial charge in [-0.05, 0) is 19.8 Å². The Morgan fingerprint density at radius 1 is 1.47 bits per heavy atom. The van der Waals surface area contributed by atoms with E-state index in [0.717, 1.165) is 19.3 Å². The fourth-order valence-corrected chi connectivity index (χ4v) is 3.80. The summed E-state index contributed by atoms with van der Waals surface area (Å²) in [6.45, 7) is 6.94. The van der Waals surface area contributed by atoms with Gasteiger partial charge < -0.3 is 5.11 Å². The van der Waals surface area contributed by atoms with E-state index >= 15 is 0 Å². The maximum atomic E-state index is 12.2. The highest BCUT2D eigenvalue weighted by Crippen LogP contribution is 2.51. The van der Waals surface area contributed by atoms with Crippen molar-refractivity contribution in [1.82, 2.24) is 0 Å². The molecule has 0 aromatic carbocycles. The molecule has 0 saturated heterocycles. The topological polar surface area (TPSA) is 66.7 Å². The molecule has 2 atom stereocenters. The molecule has 0 aliphatic heterocycles. The van der Waals surface area contributed by atoms with Crippen molar-refractivity contribution in [3.05, 3.63) is 0 Å². The molecule has 0 aliphatic rings. The molecule has 0 aromatic rings. The molecule has 0 fully saturated rings. The highest BCUT2D eigenvalue weighted by molar-refractivity contribution is 7.62. The van der Waals surface area contributed by atoms with E-state index in [0.29, 0.717) is 0 Å². The summed E-state index contributed by atoms with van der Waals surface area (Å²) in [7, 11) is -2.72. The molecule has 1 N–H and O–H groups in total. The molecule has 88 valence electrons. The maximum Gasteiger partial charge on any atom is 0.349 e. The number of aliphatic carboxylic acids is 1. The number of rotatable bonds is 6. The lowest BCUT2D eigenvalue weighted by Crippen LogP contribution is -2.11. The Morgan fingerprint density at radius 3 is 2.33 bits per heavy atom. The van der Waals surface area contributed by atoms with Crippen molar-refractivity contribution in [1.29, 1.82) is 0 Å². The average molecular weight is 233 g/mol. The molecule has 0 radical (unpaired) electrons. The molecular weight excluding hydrogens is 213 g/mol. The van der Waals surface area contributed by atoms with Gasteiger partial charge >= 0.3 is 5.97 Å². The lowest BCUT2D eigenvalue weighted by molar-refractivity contribution is -0.129. The smallest absolute Gasteiger partial charge is 0.349 e. The number of hydrogen-bond donors (Lipinski definition) is 1. The Labute approximate surface area is 91.2 Å². The Morgan fingerprint density at radius 2 is 2.00 bits per heavy atom. The van der Waals surface area contributed by atoms with E-state index in [-0.39, 0.29) is 11.4 Å². The summed E-state index contributed by atoms with van der Waals surface area (Å²) in [4.78, 5) is 10.6. The number of carbonyl (C=O) groups is 1. The lowest BCUT2D eigenvalue weighted by atomic mass is 10.2. The second kappa shape index (κ2) is 6.06. The van der Waals surface area contributed by atoms with E-state index in [1.54, 1.807) is 6.66 Å². The molecule has 0 heterocycles. The van der Waals surface area contributed by atoms with Crippen LogP contribution < -0.4 is 0 Å².